The first-order valence-electron chi connectivity index (χ1n) is 10.9. The van der Waals surface area contributed by atoms with Crippen LogP contribution in [-0.4, -0.2) is 24.2 Å². The first kappa shape index (κ1) is 22.9. The monoisotopic (exact) mass is 484 g/mol. The van der Waals surface area contributed by atoms with Crippen molar-refractivity contribution >= 4 is 45.9 Å². The van der Waals surface area contributed by atoms with Gasteiger partial charge in [-0.1, -0.05) is 72.8 Å². The summed E-state index contributed by atoms with van der Waals surface area (Å²) < 4.78 is 11.0. The van der Waals surface area contributed by atoms with Crippen molar-refractivity contribution in [1.29, 1.82) is 0 Å². The SMILES string of the molecule is COSc1c(C)nc2c(ccc3c(-c4ccccc4)c(SOC)c(C)nc32)c1-c1ccccc1. The lowest BCUT2D eigenvalue weighted by molar-refractivity contribution is 0.489. The summed E-state index contributed by atoms with van der Waals surface area (Å²) in [4.78, 5) is 12.2. The van der Waals surface area contributed by atoms with Crippen molar-refractivity contribution in [1.82, 2.24) is 9.97 Å². The third-order valence-corrected chi connectivity index (χ3v) is 7.48. The molecule has 0 aliphatic carbocycles. The van der Waals surface area contributed by atoms with E-state index in [9.17, 15) is 0 Å². The average Bonchev–Trinajstić information content (AvgIpc) is 2.86. The molecule has 0 N–H and O–H groups in total. The fourth-order valence-electron chi connectivity index (χ4n) is 4.41. The zero-order valence-electron chi connectivity index (χ0n) is 19.5. The molecule has 0 fully saturated rings. The summed E-state index contributed by atoms with van der Waals surface area (Å²) >= 11 is 2.71. The molecule has 2 heterocycles. The maximum Gasteiger partial charge on any atom is 0.0975 e. The molecular weight excluding hydrogens is 460 g/mol. The second-order valence-corrected chi connectivity index (χ2v) is 9.71. The molecule has 0 saturated carbocycles. The van der Waals surface area contributed by atoms with Gasteiger partial charge in [-0.15, -0.1) is 0 Å². The molecule has 34 heavy (non-hydrogen) atoms. The van der Waals surface area contributed by atoms with Gasteiger partial charge in [0.2, 0.25) is 0 Å². The summed E-state index contributed by atoms with van der Waals surface area (Å²) in [6.07, 6.45) is 0. The number of nitrogens with zero attached hydrogens (tertiary/aromatic N) is 2. The first-order chi connectivity index (χ1) is 16.6. The van der Waals surface area contributed by atoms with Crippen LogP contribution in [0, 0.1) is 13.8 Å². The quantitative estimate of drug-likeness (QED) is 0.179. The van der Waals surface area contributed by atoms with Crippen molar-refractivity contribution in [3.63, 3.8) is 0 Å². The molecular formula is C28H24N2O2S2. The van der Waals surface area contributed by atoms with E-state index in [2.05, 4.69) is 60.7 Å². The van der Waals surface area contributed by atoms with Crippen LogP contribution in [0.4, 0.5) is 0 Å². The number of benzene rings is 3. The molecule has 170 valence electrons. The van der Waals surface area contributed by atoms with Crippen LogP contribution in [-0.2, 0) is 8.37 Å². The van der Waals surface area contributed by atoms with Gasteiger partial charge in [0.1, 0.15) is 0 Å². The second-order valence-electron chi connectivity index (χ2n) is 7.89. The van der Waals surface area contributed by atoms with E-state index >= 15 is 0 Å². The van der Waals surface area contributed by atoms with Gasteiger partial charge in [-0.05, 0) is 25.0 Å². The average molecular weight is 485 g/mol. The number of hydrogen-bond donors (Lipinski definition) is 0. The topological polar surface area (TPSA) is 44.2 Å². The number of aromatic nitrogens is 2. The molecule has 0 radical (unpaired) electrons. The Balaban J connectivity index is 1.93. The normalized spacial score (nSPS) is 11.4. The van der Waals surface area contributed by atoms with Crippen molar-refractivity contribution in [2.24, 2.45) is 0 Å². The van der Waals surface area contributed by atoms with Crippen LogP contribution >= 0.6 is 24.1 Å². The van der Waals surface area contributed by atoms with Crippen LogP contribution in [0.2, 0.25) is 0 Å². The lowest BCUT2D eigenvalue weighted by Crippen LogP contribution is -1.99. The van der Waals surface area contributed by atoms with Crippen LogP contribution in [0.25, 0.3) is 44.1 Å². The van der Waals surface area contributed by atoms with E-state index in [1.165, 1.54) is 24.1 Å². The van der Waals surface area contributed by atoms with Gasteiger partial charge < -0.3 is 8.37 Å². The standard InChI is InChI=1S/C28H24N2O2S2/c1-17-27(33-31-3)23(19-11-7-5-8-12-19)21-15-16-22-24(20-13-9-6-10-14-20)28(34-32-4)18(2)30-26(22)25(21)29-17/h5-16H,1-4H3. The predicted octanol–water partition coefficient (Wildman–Crippen LogP) is 8.04. The van der Waals surface area contributed by atoms with Crippen molar-refractivity contribution in [2.75, 3.05) is 14.2 Å². The van der Waals surface area contributed by atoms with Crippen LogP contribution < -0.4 is 0 Å². The highest BCUT2D eigenvalue weighted by Crippen LogP contribution is 2.44. The minimum atomic E-state index is 0.892. The zero-order chi connectivity index (χ0) is 23.7. The Labute approximate surface area is 208 Å². The Bertz CT molecular complexity index is 1380. The van der Waals surface area contributed by atoms with Crippen LogP contribution in [0.1, 0.15) is 11.4 Å². The van der Waals surface area contributed by atoms with E-state index < -0.39 is 0 Å². The van der Waals surface area contributed by atoms with Crippen molar-refractivity contribution < 1.29 is 8.37 Å². The Morgan fingerprint density at radius 1 is 0.559 bits per heavy atom. The lowest BCUT2D eigenvalue weighted by atomic mass is 9.95. The third kappa shape index (κ3) is 3.97. The number of fused-ring (bicyclic) bond motifs is 3. The Morgan fingerprint density at radius 3 is 1.29 bits per heavy atom. The van der Waals surface area contributed by atoms with Crippen molar-refractivity contribution in [3.05, 3.63) is 84.2 Å². The van der Waals surface area contributed by atoms with E-state index in [1.807, 2.05) is 26.0 Å². The first-order valence-corrected chi connectivity index (χ1v) is 12.4. The molecule has 6 heteroatoms. The summed E-state index contributed by atoms with van der Waals surface area (Å²) in [6.45, 7) is 4.07. The van der Waals surface area contributed by atoms with Crippen molar-refractivity contribution in [3.8, 4) is 22.3 Å². The summed E-state index contributed by atoms with van der Waals surface area (Å²) in [6, 6.07) is 25.1. The van der Waals surface area contributed by atoms with Gasteiger partial charge in [-0.25, -0.2) is 9.97 Å². The summed E-state index contributed by atoms with van der Waals surface area (Å²) in [5.74, 6) is 0. The largest absolute Gasteiger partial charge is 0.314 e. The predicted molar refractivity (Wildman–Crippen MR) is 143 cm³/mol. The van der Waals surface area contributed by atoms with E-state index in [-0.39, 0.29) is 0 Å². The van der Waals surface area contributed by atoms with Gasteiger partial charge >= 0.3 is 0 Å². The Kier molecular flexibility index (Phi) is 6.57. The summed E-state index contributed by atoms with van der Waals surface area (Å²) in [5.41, 5.74) is 8.11. The van der Waals surface area contributed by atoms with E-state index in [0.717, 1.165) is 65.2 Å². The maximum atomic E-state index is 5.49. The van der Waals surface area contributed by atoms with E-state index in [1.54, 1.807) is 14.2 Å². The maximum absolute atomic E-state index is 5.49. The van der Waals surface area contributed by atoms with Gasteiger partial charge in [-0.3, -0.25) is 0 Å². The molecule has 2 aromatic heterocycles. The number of hydrogen-bond acceptors (Lipinski definition) is 6. The highest BCUT2D eigenvalue weighted by Gasteiger charge is 2.21. The fraction of sp³-hybridized carbons (Fsp3) is 0.143. The second kappa shape index (κ2) is 9.76. The van der Waals surface area contributed by atoms with E-state index in [4.69, 9.17) is 18.3 Å². The highest BCUT2D eigenvalue weighted by atomic mass is 32.2. The summed E-state index contributed by atoms with van der Waals surface area (Å²) in [7, 11) is 3.38. The minimum absolute atomic E-state index is 0.892. The number of pyridine rings is 2. The molecule has 0 aliphatic heterocycles. The minimum Gasteiger partial charge on any atom is -0.314 e. The van der Waals surface area contributed by atoms with Gasteiger partial charge in [-0.2, -0.15) is 0 Å². The Morgan fingerprint density at radius 2 is 0.941 bits per heavy atom. The van der Waals surface area contributed by atoms with Gasteiger partial charge in [0, 0.05) is 46.0 Å². The lowest BCUT2D eigenvalue weighted by Gasteiger charge is -2.18. The molecule has 0 aliphatic rings. The molecule has 0 unspecified atom stereocenters. The number of rotatable bonds is 6. The molecule has 5 rings (SSSR count). The van der Waals surface area contributed by atoms with Gasteiger partial charge in [0.25, 0.3) is 0 Å². The molecule has 3 aromatic carbocycles. The number of aryl methyl sites for hydroxylation is 2. The Hall–Kier alpha value is -2.90. The van der Waals surface area contributed by atoms with Crippen LogP contribution in [0.3, 0.4) is 0 Å². The summed E-state index contributed by atoms with van der Waals surface area (Å²) in [5, 5.41) is 2.11. The molecule has 0 amide bonds. The molecule has 5 aromatic rings. The van der Waals surface area contributed by atoms with Gasteiger partial charge in [0.15, 0.2) is 0 Å². The van der Waals surface area contributed by atoms with E-state index in [0.29, 0.717) is 0 Å². The molecule has 4 nitrogen and oxygen atoms in total. The van der Waals surface area contributed by atoms with Gasteiger partial charge in [0.05, 0.1) is 46.4 Å². The molecule has 0 spiro atoms. The smallest absolute Gasteiger partial charge is 0.0975 e. The van der Waals surface area contributed by atoms with Crippen LogP contribution in [0.5, 0.6) is 0 Å². The molecule has 0 saturated heterocycles. The fourth-order valence-corrected chi connectivity index (χ4v) is 5.69. The molecule has 0 bridgehead atoms. The third-order valence-electron chi connectivity index (χ3n) is 5.82. The highest BCUT2D eigenvalue weighted by molar-refractivity contribution is 7.95. The van der Waals surface area contributed by atoms with Crippen molar-refractivity contribution in [2.45, 2.75) is 23.6 Å². The van der Waals surface area contributed by atoms with Crippen LogP contribution in [0.15, 0.2) is 82.6 Å². The zero-order valence-corrected chi connectivity index (χ0v) is 21.1. The molecule has 0 atom stereocenters.